The molecule has 33 heavy (non-hydrogen) atoms. The highest BCUT2D eigenvalue weighted by molar-refractivity contribution is 5.90. The molecule has 1 amide bonds. The molecule has 0 spiro atoms. The molecule has 4 N–H and O–H groups in total. The summed E-state index contributed by atoms with van der Waals surface area (Å²) in [7, 11) is 0. The summed E-state index contributed by atoms with van der Waals surface area (Å²) in [6.07, 6.45) is 10.3. The standard InChI is InChI=1S/C27H28N4O2/c32-27(30-33)12-8-19-7-10-24-20(16-19)9-11-26(24)31(18-22-4-3-14-28-22)15-13-21-17-29-25-6-2-1-5-23(21)25/h1-8,10,12,14,16-17,26,28-29,33H,9,11,13,15,18H2,(H,30,32)/t26-/m1/s1. The van der Waals surface area contributed by atoms with Crippen LogP contribution in [-0.4, -0.2) is 32.5 Å². The molecule has 0 saturated carbocycles. The Morgan fingerprint density at radius 1 is 1.15 bits per heavy atom. The maximum absolute atomic E-state index is 11.3. The fraction of sp³-hybridized carbons (Fsp3) is 0.222. The number of rotatable bonds is 8. The molecule has 5 rings (SSSR count). The number of H-pyrrole nitrogens is 2. The Hall–Kier alpha value is -3.61. The molecule has 4 aromatic rings. The summed E-state index contributed by atoms with van der Waals surface area (Å²) >= 11 is 0. The first-order valence-corrected chi connectivity index (χ1v) is 11.4. The van der Waals surface area contributed by atoms with Crippen LogP contribution < -0.4 is 5.48 Å². The highest BCUT2D eigenvalue weighted by Gasteiger charge is 2.28. The summed E-state index contributed by atoms with van der Waals surface area (Å²) in [5.41, 5.74) is 9.04. The number of amides is 1. The number of hydroxylamine groups is 1. The number of benzene rings is 2. The first kappa shape index (κ1) is 21.2. The van der Waals surface area contributed by atoms with E-state index in [4.69, 9.17) is 5.21 Å². The Balaban J connectivity index is 1.37. The van der Waals surface area contributed by atoms with Crippen molar-refractivity contribution >= 4 is 22.9 Å². The van der Waals surface area contributed by atoms with E-state index < -0.39 is 5.91 Å². The molecule has 6 heteroatoms. The Kier molecular flexibility index (Phi) is 6.11. The minimum Gasteiger partial charge on any atom is -0.364 e. The normalized spacial score (nSPS) is 15.5. The van der Waals surface area contributed by atoms with E-state index >= 15 is 0 Å². The van der Waals surface area contributed by atoms with E-state index in [0.717, 1.165) is 37.9 Å². The van der Waals surface area contributed by atoms with Gasteiger partial charge in [0, 0.05) is 54.2 Å². The van der Waals surface area contributed by atoms with Crippen LogP contribution >= 0.6 is 0 Å². The molecule has 2 heterocycles. The van der Waals surface area contributed by atoms with Crippen molar-refractivity contribution in [3.63, 3.8) is 0 Å². The van der Waals surface area contributed by atoms with Gasteiger partial charge in [0.05, 0.1) is 0 Å². The number of hydrogen-bond donors (Lipinski definition) is 4. The number of hydrogen-bond acceptors (Lipinski definition) is 3. The summed E-state index contributed by atoms with van der Waals surface area (Å²) in [5.74, 6) is -0.525. The minimum atomic E-state index is -0.525. The van der Waals surface area contributed by atoms with Crippen molar-refractivity contribution in [3.05, 3.63) is 101 Å². The van der Waals surface area contributed by atoms with Crippen molar-refractivity contribution < 1.29 is 10.0 Å². The van der Waals surface area contributed by atoms with Gasteiger partial charge in [0.15, 0.2) is 0 Å². The van der Waals surface area contributed by atoms with E-state index in [0.29, 0.717) is 6.04 Å². The smallest absolute Gasteiger partial charge is 0.267 e. The SMILES string of the molecule is O=C(C=Cc1ccc2c(c1)CC[C@H]2N(CCc1c[nH]c2ccccc12)Cc1ccc[nH]1)NO. The van der Waals surface area contributed by atoms with Gasteiger partial charge < -0.3 is 9.97 Å². The summed E-state index contributed by atoms with van der Waals surface area (Å²) in [6, 6.07) is 19.4. The molecule has 0 saturated heterocycles. The van der Waals surface area contributed by atoms with Crippen LogP contribution in [0.1, 0.15) is 40.4 Å². The number of aromatic amines is 2. The van der Waals surface area contributed by atoms with Gasteiger partial charge in [-0.05, 0) is 65.8 Å². The summed E-state index contributed by atoms with van der Waals surface area (Å²) < 4.78 is 0. The topological polar surface area (TPSA) is 84.2 Å². The third kappa shape index (κ3) is 4.62. The van der Waals surface area contributed by atoms with Crippen molar-refractivity contribution in [2.24, 2.45) is 0 Å². The summed E-state index contributed by atoms with van der Waals surface area (Å²) in [6.45, 7) is 1.83. The molecule has 1 atom stereocenters. The maximum atomic E-state index is 11.3. The van der Waals surface area contributed by atoms with Crippen LogP contribution in [0.3, 0.4) is 0 Å². The van der Waals surface area contributed by atoms with Gasteiger partial charge in [-0.25, -0.2) is 5.48 Å². The van der Waals surface area contributed by atoms with Crippen molar-refractivity contribution in [2.75, 3.05) is 6.54 Å². The Morgan fingerprint density at radius 2 is 2.06 bits per heavy atom. The van der Waals surface area contributed by atoms with Crippen LogP contribution in [0.25, 0.3) is 17.0 Å². The molecule has 168 valence electrons. The molecule has 0 bridgehead atoms. The van der Waals surface area contributed by atoms with Gasteiger partial charge in [-0.2, -0.15) is 0 Å². The molecule has 6 nitrogen and oxygen atoms in total. The fourth-order valence-electron chi connectivity index (χ4n) is 4.94. The van der Waals surface area contributed by atoms with Crippen LogP contribution in [0.2, 0.25) is 0 Å². The van der Waals surface area contributed by atoms with E-state index in [9.17, 15) is 4.79 Å². The number of carbonyl (C=O) groups excluding carboxylic acids is 1. The van der Waals surface area contributed by atoms with Gasteiger partial charge in [-0.1, -0.05) is 36.4 Å². The molecule has 0 fully saturated rings. The number of carbonyl (C=O) groups is 1. The second kappa shape index (κ2) is 9.48. The van der Waals surface area contributed by atoms with Crippen molar-refractivity contribution in [1.82, 2.24) is 20.3 Å². The lowest BCUT2D eigenvalue weighted by Crippen LogP contribution is -2.29. The number of aromatic nitrogens is 2. The van der Waals surface area contributed by atoms with E-state index in [1.165, 1.54) is 39.4 Å². The zero-order valence-corrected chi connectivity index (χ0v) is 18.4. The van der Waals surface area contributed by atoms with Gasteiger partial charge in [0.2, 0.25) is 0 Å². The van der Waals surface area contributed by atoms with Crippen LogP contribution in [0.5, 0.6) is 0 Å². The highest BCUT2D eigenvalue weighted by atomic mass is 16.5. The molecule has 0 radical (unpaired) electrons. The molecule has 0 aliphatic heterocycles. The zero-order valence-electron chi connectivity index (χ0n) is 18.4. The zero-order chi connectivity index (χ0) is 22.6. The molecular formula is C27H28N4O2. The monoisotopic (exact) mass is 440 g/mol. The number of nitrogens with one attached hydrogen (secondary N) is 3. The van der Waals surface area contributed by atoms with Crippen LogP contribution in [0.4, 0.5) is 0 Å². The lowest BCUT2D eigenvalue weighted by molar-refractivity contribution is -0.124. The predicted molar refractivity (Wildman–Crippen MR) is 130 cm³/mol. The first-order valence-electron chi connectivity index (χ1n) is 11.4. The Bertz CT molecular complexity index is 1270. The fourth-order valence-corrected chi connectivity index (χ4v) is 4.94. The van der Waals surface area contributed by atoms with E-state index in [1.807, 2.05) is 12.3 Å². The molecule has 0 unspecified atom stereocenters. The minimum absolute atomic E-state index is 0.354. The second-order valence-electron chi connectivity index (χ2n) is 8.60. The van der Waals surface area contributed by atoms with Crippen molar-refractivity contribution in [2.45, 2.75) is 31.8 Å². The first-order chi connectivity index (χ1) is 16.2. The van der Waals surface area contributed by atoms with Gasteiger partial charge in [-0.3, -0.25) is 14.9 Å². The van der Waals surface area contributed by atoms with Gasteiger partial charge >= 0.3 is 0 Å². The van der Waals surface area contributed by atoms with Crippen LogP contribution in [0, 0.1) is 0 Å². The molecule has 1 aliphatic rings. The molecular weight excluding hydrogens is 412 g/mol. The van der Waals surface area contributed by atoms with Gasteiger partial charge in [0.25, 0.3) is 5.91 Å². The van der Waals surface area contributed by atoms with E-state index in [1.54, 1.807) is 11.6 Å². The quantitative estimate of drug-likeness (QED) is 0.181. The average Bonchev–Trinajstić information content (AvgIpc) is 3.60. The number of nitrogens with zero attached hydrogens (tertiary/aromatic N) is 1. The lowest BCUT2D eigenvalue weighted by atomic mass is 10.0. The Labute approximate surface area is 192 Å². The van der Waals surface area contributed by atoms with Crippen molar-refractivity contribution in [1.29, 1.82) is 0 Å². The third-order valence-corrected chi connectivity index (χ3v) is 6.57. The van der Waals surface area contributed by atoms with Gasteiger partial charge in [0.1, 0.15) is 0 Å². The molecule has 2 aromatic heterocycles. The summed E-state index contributed by atoms with van der Waals surface area (Å²) in [5, 5.41) is 9.98. The molecule has 1 aliphatic carbocycles. The van der Waals surface area contributed by atoms with E-state index in [-0.39, 0.29) is 0 Å². The third-order valence-electron chi connectivity index (χ3n) is 6.57. The number of fused-ring (bicyclic) bond motifs is 2. The largest absolute Gasteiger partial charge is 0.364 e. The number of aryl methyl sites for hydroxylation is 1. The highest BCUT2D eigenvalue weighted by Crippen LogP contribution is 2.37. The van der Waals surface area contributed by atoms with Crippen LogP contribution in [-0.2, 0) is 24.2 Å². The lowest BCUT2D eigenvalue weighted by Gasteiger charge is -2.29. The van der Waals surface area contributed by atoms with Gasteiger partial charge in [-0.15, -0.1) is 0 Å². The second-order valence-corrected chi connectivity index (χ2v) is 8.60. The Morgan fingerprint density at radius 3 is 2.91 bits per heavy atom. The average molecular weight is 441 g/mol. The summed E-state index contributed by atoms with van der Waals surface area (Å²) in [4.78, 5) is 20.6. The van der Waals surface area contributed by atoms with Crippen LogP contribution in [0.15, 0.2) is 73.1 Å². The van der Waals surface area contributed by atoms with Crippen molar-refractivity contribution in [3.8, 4) is 0 Å². The molecule has 2 aromatic carbocycles. The number of para-hydroxylation sites is 1. The van der Waals surface area contributed by atoms with E-state index in [2.05, 4.69) is 69.6 Å². The maximum Gasteiger partial charge on any atom is 0.267 e. The predicted octanol–water partition coefficient (Wildman–Crippen LogP) is 4.75.